The molecule has 0 radical (unpaired) electrons. The Balaban J connectivity index is 1.42. The normalized spacial score (nSPS) is 17.9. The molecule has 0 aliphatic carbocycles. The monoisotopic (exact) mass is 447 g/mol. The van der Waals surface area contributed by atoms with Crippen LogP contribution in [0.25, 0.3) is 11.3 Å². The van der Waals surface area contributed by atoms with Crippen LogP contribution < -0.4 is 5.32 Å². The highest BCUT2D eigenvalue weighted by molar-refractivity contribution is 7.91. The number of amides is 1. The van der Waals surface area contributed by atoms with Gasteiger partial charge in [-0.1, -0.05) is 18.2 Å². The van der Waals surface area contributed by atoms with Crippen molar-refractivity contribution < 1.29 is 13.2 Å². The molecule has 152 valence electrons. The zero-order valence-electron chi connectivity index (χ0n) is 15.9. The topological polar surface area (TPSA) is 79.4 Å². The van der Waals surface area contributed by atoms with Gasteiger partial charge in [0.1, 0.15) is 4.21 Å². The molecular formula is C20H21N3O3S3. The van der Waals surface area contributed by atoms with Crippen molar-refractivity contribution in [3.05, 3.63) is 52.2 Å². The maximum absolute atomic E-state index is 12.7. The van der Waals surface area contributed by atoms with Gasteiger partial charge in [0, 0.05) is 29.7 Å². The number of nitrogens with one attached hydrogen (secondary N) is 1. The zero-order valence-corrected chi connectivity index (χ0v) is 18.3. The number of hydrogen-bond donors (Lipinski definition) is 1. The number of piperidine rings is 1. The largest absolute Gasteiger partial charge is 0.326 e. The number of benzene rings is 1. The van der Waals surface area contributed by atoms with E-state index in [1.807, 2.05) is 36.6 Å². The van der Waals surface area contributed by atoms with Gasteiger partial charge >= 0.3 is 0 Å². The lowest BCUT2D eigenvalue weighted by Gasteiger charge is -2.30. The second-order valence-corrected chi connectivity index (χ2v) is 11.1. The Morgan fingerprint density at radius 1 is 1.21 bits per heavy atom. The Bertz CT molecular complexity index is 1090. The van der Waals surface area contributed by atoms with Crippen LogP contribution in [0.1, 0.15) is 17.8 Å². The molecule has 0 bridgehead atoms. The predicted octanol–water partition coefficient (Wildman–Crippen LogP) is 4.22. The van der Waals surface area contributed by atoms with E-state index in [-0.39, 0.29) is 18.4 Å². The second-order valence-electron chi connectivity index (χ2n) is 6.95. The van der Waals surface area contributed by atoms with Crippen molar-refractivity contribution in [3.8, 4) is 11.3 Å². The lowest BCUT2D eigenvalue weighted by atomic mass is 9.98. The van der Waals surface area contributed by atoms with E-state index in [2.05, 4.69) is 10.3 Å². The van der Waals surface area contributed by atoms with Crippen LogP contribution in [-0.4, -0.2) is 36.7 Å². The van der Waals surface area contributed by atoms with Gasteiger partial charge in [0.25, 0.3) is 10.0 Å². The maximum Gasteiger partial charge on any atom is 0.252 e. The van der Waals surface area contributed by atoms with Crippen LogP contribution in [0.15, 0.2) is 51.4 Å². The van der Waals surface area contributed by atoms with Gasteiger partial charge in [-0.05, 0) is 43.3 Å². The standard InChI is InChI=1S/C20H21N3O3S3/c1-14-21-18(13-28-14)15-6-8-17(9-7-15)22-20(24)16-4-2-10-23(12-16)29(25,26)19-5-3-11-27-19/h3,5-9,11,13,16H,2,4,10,12H2,1H3,(H,22,24)/t16-/m0/s1. The van der Waals surface area contributed by atoms with Crippen molar-refractivity contribution >= 4 is 44.3 Å². The number of thiophene rings is 1. The van der Waals surface area contributed by atoms with Crippen molar-refractivity contribution in [2.24, 2.45) is 5.92 Å². The number of carbonyl (C=O) groups is 1. The summed E-state index contributed by atoms with van der Waals surface area (Å²) in [7, 11) is -3.53. The van der Waals surface area contributed by atoms with Gasteiger partial charge < -0.3 is 5.32 Å². The van der Waals surface area contributed by atoms with Gasteiger partial charge in [0.05, 0.1) is 16.6 Å². The second kappa shape index (κ2) is 8.35. The van der Waals surface area contributed by atoms with Crippen LogP contribution >= 0.6 is 22.7 Å². The van der Waals surface area contributed by atoms with Crippen molar-refractivity contribution in [3.63, 3.8) is 0 Å². The van der Waals surface area contributed by atoms with Gasteiger partial charge in [-0.2, -0.15) is 4.31 Å². The van der Waals surface area contributed by atoms with Gasteiger partial charge in [-0.25, -0.2) is 13.4 Å². The summed E-state index contributed by atoms with van der Waals surface area (Å²) in [5.74, 6) is -0.507. The molecule has 29 heavy (non-hydrogen) atoms. The van der Waals surface area contributed by atoms with E-state index in [4.69, 9.17) is 0 Å². The quantitative estimate of drug-likeness (QED) is 0.635. The number of nitrogens with zero attached hydrogens (tertiary/aromatic N) is 2. The maximum atomic E-state index is 12.7. The molecule has 4 rings (SSSR count). The van der Waals surface area contributed by atoms with Crippen molar-refractivity contribution in [1.82, 2.24) is 9.29 Å². The summed E-state index contributed by atoms with van der Waals surface area (Å²) in [4.78, 5) is 17.2. The molecule has 3 heterocycles. The molecule has 0 unspecified atom stereocenters. The number of hydrogen-bond acceptors (Lipinski definition) is 6. The van der Waals surface area contributed by atoms with E-state index in [1.165, 1.54) is 15.6 Å². The zero-order chi connectivity index (χ0) is 20.4. The van der Waals surface area contributed by atoms with E-state index in [9.17, 15) is 13.2 Å². The van der Waals surface area contributed by atoms with Crippen LogP contribution in [0.3, 0.4) is 0 Å². The summed E-state index contributed by atoms with van der Waals surface area (Å²) < 4.78 is 27.3. The van der Waals surface area contributed by atoms with Crippen LogP contribution in [0, 0.1) is 12.8 Å². The molecule has 2 aromatic heterocycles. The molecule has 3 aromatic rings. The van der Waals surface area contributed by atoms with Gasteiger partial charge in [-0.3, -0.25) is 4.79 Å². The van der Waals surface area contributed by atoms with E-state index in [0.717, 1.165) is 16.3 Å². The molecule has 1 atom stereocenters. The minimum Gasteiger partial charge on any atom is -0.326 e. The minimum absolute atomic E-state index is 0.145. The molecule has 0 spiro atoms. The fourth-order valence-corrected chi connectivity index (χ4v) is 6.67. The third-order valence-corrected chi connectivity index (χ3v) is 8.92. The summed E-state index contributed by atoms with van der Waals surface area (Å²) in [5.41, 5.74) is 2.62. The fraction of sp³-hybridized carbons (Fsp3) is 0.300. The highest BCUT2D eigenvalue weighted by Gasteiger charge is 2.33. The molecule has 1 aromatic carbocycles. The first-order valence-electron chi connectivity index (χ1n) is 9.30. The molecule has 0 saturated carbocycles. The first-order valence-corrected chi connectivity index (χ1v) is 12.5. The molecule has 1 aliphatic heterocycles. The van der Waals surface area contributed by atoms with E-state index in [1.54, 1.807) is 28.8 Å². The number of thiazole rings is 1. The van der Waals surface area contributed by atoms with E-state index in [0.29, 0.717) is 29.3 Å². The molecule has 1 aliphatic rings. The molecular weight excluding hydrogens is 426 g/mol. The van der Waals surface area contributed by atoms with E-state index < -0.39 is 10.0 Å². The number of carbonyl (C=O) groups excluding carboxylic acids is 1. The molecule has 1 amide bonds. The van der Waals surface area contributed by atoms with E-state index >= 15 is 0 Å². The molecule has 1 saturated heterocycles. The molecule has 1 fully saturated rings. The summed E-state index contributed by atoms with van der Waals surface area (Å²) in [6.07, 6.45) is 1.35. The minimum atomic E-state index is -3.53. The average molecular weight is 448 g/mol. The van der Waals surface area contributed by atoms with Gasteiger partial charge in [0.15, 0.2) is 0 Å². The Labute approximate surface area is 178 Å². The first-order chi connectivity index (χ1) is 13.9. The Kier molecular flexibility index (Phi) is 5.82. The van der Waals surface area contributed by atoms with Crippen LogP contribution in [-0.2, 0) is 14.8 Å². The Morgan fingerprint density at radius 3 is 2.66 bits per heavy atom. The highest BCUT2D eigenvalue weighted by Crippen LogP contribution is 2.28. The number of sulfonamides is 1. The highest BCUT2D eigenvalue weighted by atomic mass is 32.2. The number of aromatic nitrogens is 1. The number of rotatable bonds is 5. The smallest absolute Gasteiger partial charge is 0.252 e. The summed E-state index contributed by atoms with van der Waals surface area (Å²) in [5, 5.41) is 7.69. The lowest BCUT2D eigenvalue weighted by molar-refractivity contribution is -0.120. The summed E-state index contributed by atoms with van der Waals surface area (Å²) in [6.45, 7) is 2.63. The Morgan fingerprint density at radius 2 is 2.00 bits per heavy atom. The number of anilines is 1. The fourth-order valence-electron chi connectivity index (χ4n) is 3.38. The Hall–Kier alpha value is -2.07. The first kappa shape index (κ1) is 20.2. The third-order valence-electron chi connectivity index (χ3n) is 4.91. The third kappa shape index (κ3) is 4.42. The summed E-state index contributed by atoms with van der Waals surface area (Å²) in [6, 6.07) is 10.9. The molecule has 9 heteroatoms. The SMILES string of the molecule is Cc1nc(-c2ccc(NC(=O)[C@H]3CCCN(S(=O)(=O)c4cccs4)C3)cc2)cs1. The summed E-state index contributed by atoms with van der Waals surface area (Å²) >= 11 is 2.80. The lowest BCUT2D eigenvalue weighted by Crippen LogP contribution is -2.43. The predicted molar refractivity (Wildman–Crippen MR) is 117 cm³/mol. The van der Waals surface area contributed by atoms with Gasteiger partial charge in [0.2, 0.25) is 5.91 Å². The van der Waals surface area contributed by atoms with Crippen molar-refractivity contribution in [1.29, 1.82) is 0 Å². The van der Waals surface area contributed by atoms with Crippen LogP contribution in [0.5, 0.6) is 0 Å². The van der Waals surface area contributed by atoms with Crippen molar-refractivity contribution in [2.75, 3.05) is 18.4 Å². The van der Waals surface area contributed by atoms with Crippen LogP contribution in [0.2, 0.25) is 0 Å². The average Bonchev–Trinajstić information content (AvgIpc) is 3.41. The van der Waals surface area contributed by atoms with Crippen LogP contribution in [0.4, 0.5) is 5.69 Å². The van der Waals surface area contributed by atoms with Crippen molar-refractivity contribution in [2.45, 2.75) is 24.0 Å². The van der Waals surface area contributed by atoms with Gasteiger partial charge in [-0.15, -0.1) is 22.7 Å². The number of aryl methyl sites for hydroxylation is 1. The molecule has 6 nitrogen and oxygen atoms in total. The molecule has 1 N–H and O–H groups in total.